The first kappa shape index (κ1) is 20.2. The van der Waals surface area contributed by atoms with Crippen LogP contribution in [-0.2, 0) is 0 Å². The summed E-state index contributed by atoms with van der Waals surface area (Å²) >= 11 is 12.1. The fourth-order valence-corrected chi connectivity index (χ4v) is 3.83. The Morgan fingerprint density at radius 1 is 1.07 bits per heavy atom. The molecular formula is C21H25Cl2N3O. The van der Waals surface area contributed by atoms with E-state index in [1.807, 2.05) is 0 Å². The van der Waals surface area contributed by atoms with E-state index in [0.29, 0.717) is 22.2 Å². The Balaban J connectivity index is 1.74. The number of nitrogens with zero attached hydrogens (tertiary/aromatic N) is 2. The molecule has 1 amide bonds. The van der Waals surface area contributed by atoms with Crippen LogP contribution >= 0.6 is 23.2 Å². The van der Waals surface area contributed by atoms with E-state index in [4.69, 9.17) is 23.2 Å². The predicted octanol–water partition coefficient (Wildman–Crippen LogP) is 4.02. The Bertz CT molecular complexity index is 787. The number of likely N-dealkylation sites (N-methyl/N-ethyl adjacent to an activating group) is 1. The van der Waals surface area contributed by atoms with Crippen LogP contribution in [0.2, 0.25) is 10.0 Å². The van der Waals surface area contributed by atoms with Gasteiger partial charge in [0.05, 0.1) is 16.6 Å². The number of carbonyl (C=O) groups is 1. The standard InChI is InChI=1S/C21H25Cl2N3O/c1-15-3-5-16(6-4-15)20(26-11-9-25(2)10-12-26)14-24-21(27)18-8-7-17(22)13-19(18)23/h3-8,13,20H,9-12,14H2,1-2H3,(H,24,27). The highest BCUT2D eigenvalue weighted by atomic mass is 35.5. The molecule has 1 heterocycles. The highest BCUT2D eigenvalue weighted by Gasteiger charge is 2.24. The number of amides is 1. The van der Waals surface area contributed by atoms with Crippen LogP contribution in [0.25, 0.3) is 0 Å². The molecule has 4 nitrogen and oxygen atoms in total. The van der Waals surface area contributed by atoms with E-state index in [0.717, 1.165) is 26.2 Å². The van der Waals surface area contributed by atoms with E-state index in [9.17, 15) is 4.79 Å². The van der Waals surface area contributed by atoms with Crippen LogP contribution in [0, 0.1) is 6.92 Å². The Morgan fingerprint density at radius 3 is 2.37 bits per heavy atom. The Hall–Kier alpha value is -1.59. The fourth-order valence-electron chi connectivity index (χ4n) is 3.34. The summed E-state index contributed by atoms with van der Waals surface area (Å²) < 4.78 is 0. The van der Waals surface area contributed by atoms with Crippen molar-refractivity contribution in [3.8, 4) is 0 Å². The zero-order chi connectivity index (χ0) is 19.4. The lowest BCUT2D eigenvalue weighted by atomic mass is 10.0. The number of carbonyl (C=O) groups excluding carboxylic acids is 1. The molecule has 144 valence electrons. The minimum absolute atomic E-state index is 0.134. The highest BCUT2D eigenvalue weighted by Crippen LogP contribution is 2.24. The average molecular weight is 406 g/mol. The molecular weight excluding hydrogens is 381 g/mol. The van der Waals surface area contributed by atoms with Gasteiger partial charge in [0, 0.05) is 37.7 Å². The third kappa shape index (κ3) is 5.23. The van der Waals surface area contributed by atoms with Crippen LogP contribution in [-0.4, -0.2) is 55.5 Å². The minimum Gasteiger partial charge on any atom is -0.350 e. The van der Waals surface area contributed by atoms with Crippen LogP contribution in [0.5, 0.6) is 0 Å². The van der Waals surface area contributed by atoms with Crippen LogP contribution in [0.3, 0.4) is 0 Å². The summed E-state index contributed by atoms with van der Waals surface area (Å²) in [5.74, 6) is -0.178. The van der Waals surface area contributed by atoms with Gasteiger partial charge in [-0.25, -0.2) is 0 Å². The number of aryl methyl sites for hydroxylation is 1. The van der Waals surface area contributed by atoms with Gasteiger partial charge in [0.25, 0.3) is 5.91 Å². The molecule has 1 aliphatic rings. The van der Waals surface area contributed by atoms with E-state index in [-0.39, 0.29) is 11.9 Å². The summed E-state index contributed by atoms with van der Waals surface area (Å²) in [4.78, 5) is 17.4. The van der Waals surface area contributed by atoms with Gasteiger partial charge in [-0.1, -0.05) is 53.0 Å². The molecule has 0 aromatic heterocycles. The first-order valence-corrected chi connectivity index (χ1v) is 9.92. The molecule has 2 aromatic rings. The summed E-state index contributed by atoms with van der Waals surface area (Å²) in [5.41, 5.74) is 2.89. The Morgan fingerprint density at radius 2 is 1.74 bits per heavy atom. The molecule has 0 saturated carbocycles. The molecule has 1 atom stereocenters. The van der Waals surface area contributed by atoms with Gasteiger partial charge < -0.3 is 10.2 Å². The van der Waals surface area contributed by atoms with Gasteiger partial charge in [-0.05, 0) is 37.7 Å². The second-order valence-corrected chi connectivity index (χ2v) is 7.94. The second-order valence-electron chi connectivity index (χ2n) is 7.10. The van der Waals surface area contributed by atoms with Crippen molar-refractivity contribution in [3.63, 3.8) is 0 Å². The SMILES string of the molecule is Cc1ccc(C(CNC(=O)c2ccc(Cl)cc2Cl)N2CCN(C)CC2)cc1. The first-order chi connectivity index (χ1) is 12.9. The number of piperazine rings is 1. The summed E-state index contributed by atoms with van der Waals surface area (Å²) in [6.07, 6.45) is 0. The lowest BCUT2D eigenvalue weighted by molar-refractivity contribution is 0.0886. The molecule has 6 heteroatoms. The van der Waals surface area contributed by atoms with Gasteiger partial charge in [-0.15, -0.1) is 0 Å². The topological polar surface area (TPSA) is 35.6 Å². The average Bonchev–Trinajstić information content (AvgIpc) is 2.64. The minimum atomic E-state index is -0.178. The molecule has 3 rings (SSSR count). The molecule has 1 fully saturated rings. The summed E-state index contributed by atoms with van der Waals surface area (Å²) in [6, 6.07) is 13.6. The summed E-state index contributed by atoms with van der Waals surface area (Å²) in [6.45, 7) is 6.63. The summed E-state index contributed by atoms with van der Waals surface area (Å²) in [5, 5.41) is 3.95. The zero-order valence-corrected chi connectivity index (χ0v) is 17.2. The molecule has 1 unspecified atom stereocenters. The molecule has 0 spiro atoms. The predicted molar refractivity (Wildman–Crippen MR) is 112 cm³/mol. The number of nitrogens with one attached hydrogen (secondary N) is 1. The lowest BCUT2D eigenvalue weighted by Gasteiger charge is -2.38. The van der Waals surface area contributed by atoms with Gasteiger partial charge in [0.1, 0.15) is 0 Å². The van der Waals surface area contributed by atoms with Crippen LogP contribution in [0.15, 0.2) is 42.5 Å². The highest BCUT2D eigenvalue weighted by molar-refractivity contribution is 6.36. The lowest BCUT2D eigenvalue weighted by Crippen LogP contribution is -2.48. The van der Waals surface area contributed by atoms with E-state index in [1.165, 1.54) is 11.1 Å². The maximum Gasteiger partial charge on any atom is 0.252 e. The maximum absolute atomic E-state index is 12.6. The monoisotopic (exact) mass is 405 g/mol. The van der Waals surface area contributed by atoms with Gasteiger partial charge in [0.2, 0.25) is 0 Å². The van der Waals surface area contributed by atoms with Crippen molar-refractivity contribution in [1.82, 2.24) is 15.1 Å². The van der Waals surface area contributed by atoms with E-state index in [2.05, 4.69) is 53.4 Å². The number of halogens is 2. The van der Waals surface area contributed by atoms with Crippen molar-refractivity contribution < 1.29 is 4.79 Å². The van der Waals surface area contributed by atoms with Crippen LogP contribution < -0.4 is 5.32 Å². The Labute approximate surface area is 171 Å². The molecule has 1 N–H and O–H groups in total. The molecule has 27 heavy (non-hydrogen) atoms. The van der Waals surface area contributed by atoms with Crippen molar-refractivity contribution in [2.24, 2.45) is 0 Å². The molecule has 1 aliphatic heterocycles. The van der Waals surface area contributed by atoms with Crippen molar-refractivity contribution in [2.75, 3.05) is 39.8 Å². The van der Waals surface area contributed by atoms with Crippen molar-refractivity contribution in [2.45, 2.75) is 13.0 Å². The second kappa shape index (κ2) is 9.07. The first-order valence-electron chi connectivity index (χ1n) is 9.16. The van der Waals surface area contributed by atoms with Crippen molar-refractivity contribution in [1.29, 1.82) is 0 Å². The third-order valence-corrected chi connectivity index (χ3v) is 5.62. The number of hydrogen-bond acceptors (Lipinski definition) is 3. The molecule has 1 saturated heterocycles. The smallest absolute Gasteiger partial charge is 0.252 e. The largest absolute Gasteiger partial charge is 0.350 e. The Kier molecular flexibility index (Phi) is 6.77. The number of rotatable bonds is 5. The quantitative estimate of drug-likeness (QED) is 0.815. The zero-order valence-electron chi connectivity index (χ0n) is 15.7. The third-order valence-electron chi connectivity index (χ3n) is 5.07. The van der Waals surface area contributed by atoms with Crippen LogP contribution in [0.4, 0.5) is 0 Å². The molecule has 0 aliphatic carbocycles. The number of benzene rings is 2. The number of hydrogen-bond donors (Lipinski definition) is 1. The summed E-state index contributed by atoms with van der Waals surface area (Å²) in [7, 11) is 2.14. The van der Waals surface area contributed by atoms with Gasteiger partial charge in [-0.3, -0.25) is 9.69 Å². The van der Waals surface area contributed by atoms with Gasteiger partial charge in [0.15, 0.2) is 0 Å². The normalized spacial score (nSPS) is 16.9. The fraction of sp³-hybridized carbons (Fsp3) is 0.381. The van der Waals surface area contributed by atoms with Crippen molar-refractivity contribution >= 4 is 29.1 Å². The van der Waals surface area contributed by atoms with E-state index >= 15 is 0 Å². The van der Waals surface area contributed by atoms with Crippen molar-refractivity contribution in [3.05, 3.63) is 69.2 Å². The van der Waals surface area contributed by atoms with E-state index in [1.54, 1.807) is 18.2 Å². The van der Waals surface area contributed by atoms with Gasteiger partial charge >= 0.3 is 0 Å². The molecule has 0 radical (unpaired) electrons. The van der Waals surface area contributed by atoms with E-state index < -0.39 is 0 Å². The van der Waals surface area contributed by atoms with Gasteiger partial charge in [-0.2, -0.15) is 0 Å². The molecule has 2 aromatic carbocycles. The van der Waals surface area contributed by atoms with Crippen LogP contribution in [0.1, 0.15) is 27.5 Å². The molecule has 0 bridgehead atoms. The maximum atomic E-state index is 12.6.